The topological polar surface area (TPSA) is 66.8 Å². The summed E-state index contributed by atoms with van der Waals surface area (Å²) in [4.78, 5) is 27.8. The Morgan fingerprint density at radius 2 is 1.75 bits per heavy atom. The van der Waals surface area contributed by atoms with E-state index in [-0.39, 0.29) is 11.3 Å². The number of hydrogen-bond donors (Lipinski definition) is 1. The molecule has 2 heterocycles. The number of ketones is 1. The molecule has 0 aliphatic carbocycles. The maximum Gasteiger partial charge on any atom is 0.300 e. The van der Waals surface area contributed by atoms with Gasteiger partial charge in [-0.25, -0.2) is 0 Å². The van der Waals surface area contributed by atoms with Crippen molar-refractivity contribution in [2.24, 2.45) is 0 Å². The minimum atomic E-state index is -0.738. The van der Waals surface area contributed by atoms with Gasteiger partial charge in [0.25, 0.3) is 11.7 Å². The average Bonchev–Trinajstić information content (AvgIpc) is 3.09. The van der Waals surface area contributed by atoms with Crippen molar-refractivity contribution in [3.05, 3.63) is 99.5 Å². The third kappa shape index (κ3) is 3.50. The second-order valence-corrected chi connectivity index (χ2v) is 8.75. The minimum absolute atomic E-state index is 0.0813. The summed E-state index contributed by atoms with van der Waals surface area (Å²) in [7, 11) is 0. The number of para-hydroxylation sites is 1. The lowest BCUT2D eigenvalue weighted by molar-refractivity contribution is -0.132. The number of nitrogens with zero attached hydrogens (tertiary/aromatic N) is 1. The molecule has 0 spiro atoms. The summed E-state index contributed by atoms with van der Waals surface area (Å²) in [6.07, 6.45) is 1.74. The van der Waals surface area contributed by atoms with Crippen LogP contribution in [0.5, 0.6) is 5.75 Å². The standard InChI is InChI=1S/C26H20BrNO4/c27-19-11-8-16(9-12-19)23-22(25(30)26(31)28(23)20-6-2-1-3-7-20)24(29)18-10-13-21-17(15-18)5-4-14-32-21/h1-3,6-13,15,23,29H,4-5,14H2/b24-22-. The van der Waals surface area contributed by atoms with Gasteiger partial charge in [0.2, 0.25) is 0 Å². The van der Waals surface area contributed by atoms with Gasteiger partial charge in [-0.1, -0.05) is 46.3 Å². The molecule has 1 fully saturated rings. The number of carbonyl (C=O) groups excluding carboxylic acids is 2. The number of amides is 1. The van der Waals surface area contributed by atoms with Crippen molar-refractivity contribution in [1.29, 1.82) is 0 Å². The van der Waals surface area contributed by atoms with Gasteiger partial charge in [0, 0.05) is 15.7 Å². The van der Waals surface area contributed by atoms with Crippen LogP contribution in [-0.2, 0) is 16.0 Å². The maximum absolute atomic E-state index is 13.2. The molecule has 0 saturated carbocycles. The normalized spacial score (nSPS) is 19.5. The number of Topliss-reactive ketones (excluding diaryl/α,β-unsaturated/α-hetero) is 1. The van der Waals surface area contributed by atoms with E-state index >= 15 is 0 Å². The monoisotopic (exact) mass is 489 g/mol. The number of aliphatic hydroxyl groups is 1. The zero-order chi connectivity index (χ0) is 22.2. The minimum Gasteiger partial charge on any atom is -0.507 e. The first-order chi connectivity index (χ1) is 15.5. The van der Waals surface area contributed by atoms with Crippen molar-refractivity contribution in [3.63, 3.8) is 0 Å². The van der Waals surface area contributed by atoms with Gasteiger partial charge in [0.1, 0.15) is 11.5 Å². The summed E-state index contributed by atoms with van der Waals surface area (Å²) in [6, 6.07) is 21.1. The number of rotatable bonds is 3. The fourth-order valence-electron chi connectivity index (χ4n) is 4.31. The fourth-order valence-corrected chi connectivity index (χ4v) is 4.58. The molecule has 5 nitrogen and oxygen atoms in total. The second-order valence-electron chi connectivity index (χ2n) is 7.83. The molecule has 3 aromatic rings. The molecule has 5 rings (SSSR count). The lowest BCUT2D eigenvalue weighted by atomic mass is 9.94. The molecule has 1 amide bonds. The van der Waals surface area contributed by atoms with Gasteiger partial charge < -0.3 is 9.84 Å². The van der Waals surface area contributed by atoms with Gasteiger partial charge in [0.15, 0.2) is 0 Å². The number of carbonyl (C=O) groups is 2. The molecule has 160 valence electrons. The Morgan fingerprint density at radius 3 is 2.50 bits per heavy atom. The Kier molecular flexibility index (Phi) is 5.31. The molecule has 0 radical (unpaired) electrons. The lowest BCUT2D eigenvalue weighted by Gasteiger charge is -2.25. The van der Waals surface area contributed by atoms with Crippen LogP contribution in [0.4, 0.5) is 5.69 Å². The van der Waals surface area contributed by atoms with Gasteiger partial charge in [-0.05, 0) is 66.4 Å². The van der Waals surface area contributed by atoms with Crippen molar-refractivity contribution in [2.45, 2.75) is 18.9 Å². The van der Waals surface area contributed by atoms with Crippen LogP contribution in [0.15, 0.2) is 82.8 Å². The highest BCUT2D eigenvalue weighted by Gasteiger charge is 2.46. The lowest BCUT2D eigenvalue weighted by Crippen LogP contribution is -2.29. The Morgan fingerprint density at radius 1 is 1.00 bits per heavy atom. The van der Waals surface area contributed by atoms with E-state index in [0.717, 1.165) is 34.2 Å². The number of ether oxygens (including phenoxy) is 1. The summed E-state index contributed by atoms with van der Waals surface area (Å²) in [5.41, 5.74) is 2.90. The van der Waals surface area contributed by atoms with Crippen LogP contribution in [0.2, 0.25) is 0 Å². The number of aryl methyl sites for hydroxylation is 1. The molecule has 6 heteroatoms. The Hall–Kier alpha value is -3.38. The Balaban J connectivity index is 1.69. The van der Waals surface area contributed by atoms with Gasteiger partial charge in [-0.15, -0.1) is 0 Å². The van der Waals surface area contributed by atoms with E-state index in [1.807, 2.05) is 54.6 Å². The van der Waals surface area contributed by atoms with Crippen LogP contribution in [0.25, 0.3) is 5.76 Å². The van der Waals surface area contributed by atoms with Crippen molar-refractivity contribution in [1.82, 2.24) is 0 Å². The zero-order valence-electron chi connectivity index (χ0n) is 17.1. The van der Waals surface area contributed by atoms with Gasteiger partial charge in [-0.2, -0.15) is 0 Å². The Labute approximate surface area is 194 Å². The summed E-state index contributed by atoms with van der Waals surface area (Å²) >= 11 is 3.43. The van der Waals surface area contributed by atoms with Crippen LogP contribution in [-0.4, -0.2) is 23.4 Å². The van der Waals surface area contributed by atoms with Crippen molar-refractivity contribution in [3.8, 4) is 5.75 Å². The third-order valence-corrected chi connectivity index (χ3v) is 6.38. The molecule has 2 aliphatic heterocycles. The highest BCUT2D eigenvalue weighted by atomic mass is 79.9. The van der Waals surface area contributed by atoms with Gasteiger partial charge in [-0.3, -0.25) is 14.5 Å². The zero-order valence-corrected chi connectivity index (χ0v) is 18.7. The smallest absolute Gasteiger partial charge is 0.300 e. The molecule has 1 saturated heterocycles. The van der Waals surface area contributed by atoms with E-state index in [1.54, 1.807) is 18.2 Å². The van der Waals surface area contributed by atoms with Crippen LogP contribution >= 0.6 is 15.9 Å². The van der Waals surface area contributed by atoms with E-state index in [1.165, 1.54) is 4.90 Å². The molecule has 1 atom stereocenters. The van der Waals surface area contributed by atoms with E-state index < -0.39 is 17.7 Å². The number of hydrogen-bond acceptors (Lipinski definition) is 4. The fraction of sp³-hybridized carbons (Fsp3) is 0.154. The summed E-state index contributed by atoms with van der Waals surface area (Å²) in [5.74, 6) is -0.745. The number of halogens is 1. The summed E-state index contributed by atoms with van der Waals surface area (Å²) < 4.78 is 6.55. The first-order valence-electron chi connectivity index (χ1n) is 10.4. The van der Waals surface area contributed by atoms with E-state index in [9.17, 15) is 14.7 Å². The Bertz CT molecular complexity index is 1230. The number of benzene rings is 3. The predicted molar refractivity (Wildman–Crippen MR) is 126 cm³/mol. The van der Waals surface area contributed by atoms with Crippen LogP contribution in [0.1, 0.15) is 29.2 Å². The molecule has 32 heavy (non-hydrogen) atoms. The van der Waals surface area contributed by atoms with E-state index in [0.29, 0.717) is 17.9 Å². The second kappa shape index (κ2) is 8.28. The maximum atomic E-state index is 13.2. The van der Waals surface area contributed by atoms with Crippen LogP contribution < -0.4 is 9.64 Å². The van der Waals surface area contributed by atoms with Crippen molar-refractivity contribution >= 4 is 39.1 Å². The van der Waals surface area contributed by atoms with Gasteiger partial charge >= 0.3 is 0 Å². The number of aliphatic hydroxyl groups excluding tert-OH is 1. The molecule has 2 aliphatic rings. The summed E-state index contributed by atoms with van der Waals surface area (Å²) in [5, 5.41) is 11.3. The number of fused-ring (bicyclic) bond motifs is 1. The highest BCUT2D eigenvalue weighted by Crippen LogP contribution is 2.42. The highest BCUT2D eigenvalue weighted by molar-refractivity contribution is 9.10. The molecular formula is C26H20BrNO4. The predicted octanol–water partition coefficient (Wildman–Crippen LogP) is 5.40. The first kappa shape index (κ1) is 20.5. The molecule has 0 aromatic heterocycles. The van der Waals surface area contributed by atoms with Crippen molar-refractivity contribution in [2.75, 3.05) is 11.5 Å². The third-order valence-electron chi connectivity index (χ3n) is 5.85. The SMILES string of the molecule is O=C1C(=O)N(c2ccccc2)C(c2ccc(Br)cc2)/C1=C(/O)c1ccc2c(c1)CCCO2. The largest absolute Gasteiger partial charge is 0.507 e. The molecular weight excluding hydrogens is 470 g/mol. The molecule has 1 N–H and O–H groups in total. The quantitative estimate of drug-likeness (QED) is 0.303. The van der Waals surface area contributed by atoms with Crippen LogP contribution in [0, 0.1) is 0 Å². The summed E-state index contributed by atoms with van der Waals surface area (Å²) in [6.45, 7) is 0.671. The first-order valence-corrected chi connectivity index (χ1v) is 11.2. The van der Waals surface area contributed by atoms with Gasteiger partial charge in [0.05, 0.1) is 18.2 Å². The van der Waals surface area contributed by atoms with E-state index in [2.05, 4.69) is 15.9 Å². The molecule has 1 unspecified atom stereocenters. The number of anilines is 1. The average molecular weight is 490 g/mol. The van der Waals surface area contributed by atoms with Crippen LogP contribution in [0.3, 0.4) is 0 Å². The van der Waals surface area contributed by atoms with E-state index in [4.69, 9.17) is 4.74 Å². The van der Waals surface area contributed by atoms with Crippen molar-refractivity contribution < 1.29 is 19.4 Å². The molecule has 3 aromatic carbocycles. The molecule has 0 bridgehead atoms.